The van der Waals surface area contributed by atoms with E-state index in [4.69, 9.17) is 9.84 Å². The van der Waals surface area contributed by atoms with E-state index in [9.17, 15) is 9.59 Å². The Morgan fingerprint density at radius 3 is 2.39 bits per heavy atom. The van der Waals surface area contributed by atoms with Crippen molar-refractivity contribution in [1.82, 2.24) is 15.1 Å². The van der Waals surface area contributed by atoms with Crippen LogP contribution in [0.1, 0.15) is 28.4 Å². The summed E-state index contributed by atoms with van der Waals surface area (Å²) in [5, 5.41) is 7.69. The Morgan fingerprint density at radius 1 is 0.939 bits per heavy atom. The second-order valence-corrected chi connectivity index (χ2v) is 7.70. The topological polar surface area (TPSA) is 73.2 Å². The maximum absolute atomic E-state index is 12.4. The number of nitrogens with zero attached hydrogens (tertiary/aromatic N) is 2. The summed E-state index contributed by atoms with van der Waals surface area (Å²) in [7, 11) is 0. The molecule has 0 unspecified atom stereocenters. The molecule has 0 saturated carbocycles. The van der Waals surface area contributed by atoms with E-state index in [1.165, 1.54) is 6.92 Å². The Labute approximate surface area is 192 Å². The molecule has 4 rings (SSSR count). The summed E-state index contributed by atoms with van der Waals surface area (Å²) < 4.78 is 7.45. The molecule has 0 spiro atoms. The van der Waals surface area contributed by atoms with Gasteiger partial charge in [0.25, 0.3) is 5.91 Å². The number of aromatic nitrogens is 2. The van der Waals surface area contributed by atoms with Gasteiger partial charge < -0.3 is 10.1 Å². The molecule has 0 saturated heterocycles. The van der Waals surface area contributed by atoms with Crippen LogP contribution < -0.4 is 10.1 Å². The smallest absolute Gasteiger partial charge is 0.258 e. The fourth-order valence-electron chi connectivity index (χ4n) is 3.48. The highest BCUT2D eigenvalue weighted by Gasteiger charge is 2.13. The average Bonchev–Trinajstić information content (AvgIpc) is 3.25. The molecule has 1 heterocycles. The quantitative estimate of drug-likeness (QED) is 0.390. The van der Waals surface area contributed by atoms with Crippen LogP contribution in [0.2, 0.25) is 0 Å². The summed E-state index contributed by atoms with van der Waals surface area (Å²) in [6.45, 7) is 2.33. The number of amides is 1. The van der Waals surface area contributed by atoms with Crippen molar-refractivity contribution in [2.45, 2.75) is 20.0 Å². The van der Waals surface area contributed by atoms with E-state index in [1.54, 1.807) is 24.3 Å². The van der Waals surface area contributed by atoms with Gasteiger partial charge in [-0.15, -0.1) is 0 Å². The molecule has 4 aromatic rings. The van der Waals surface area contributed by atoms with Crippen molar-refractivity contribution in [2.24, 2.45) is 0 Å². The predicted octanol–water partition coefficient (Wildman–Crippen LogP) is 4.50. The summed E-state index contributed by atoms with van der Waals surface area (Å²) >= 11 is 0. The number of nitrogens with one attached hydrogen (secondary N) is 1. The number of ketones is 1. The van der Waals surface area contributed by atoms with E-state index < -0.39 is 0 Å². The minimum absolute atomic E-state index is 0.0501. The lowest BCUT2D eigenvalue weighted by molar-refractivity contribution is -0.123. The van der Waals surface area contributed by atoms with Crippen molar-refractivity contribution in [3.05, 3.63) is 108 Å². The zero-order chi connectivity index (χ0) is 23.0. The lowest BCUT2D eigenvalue weighted by atomic mass is 10.1. The zero-order valence-corrected chi connectivity index (χ0v) is 18.4. The predicted molar refractivity (Wildman–Crippen MR) is 127 cm³/mol. The van der Waals surface area contributed by atoms with Gasteiger partial charge in [-0.2, -0.15) is 5.10 Å². The largest absolute Gasteiger partial charge is 0.484 e. The first-order valence-corrected chi connectivity index (χ1v) is 10.7. The minimum Gasteiger partial charge on any atom is -0.484 e. The molecule has 6 nitrogen and oxygen atoms in total. The summed E-state index contributed by atoms with van der Waals surface area (Å²) in [6.07, 6.45) is 1.97. The molecule has 33 heavy (non-hydrogen) atoms. The number of rotatable bonds is 9. The monoisotopic (exact) mass is 439 g/mol. The number of carbonyl (C=O) groups is 2. The van der Waals surface area contributed by atoms with Gasteiger partial charge in [-0.1, -0.05) is 72.8 Å². The second-order valence-electron chi connectivity index (χ2n) is 7.70. The van der Waals surface area contributed by atoms with E-state index in [0.717, 1.165) is 22.4 Å². The molecular formula is C27H25N3O3. The van der Waals surface area contributed by atoms with Gasteiger partial charge >= 0.3 is 0 Å². The van der Waals surface area contributed by atoms with Crippen LogP contribution in [0.3, 0.4) is 0 Å². The molecule has 0 atom stereocenters. The van der Waals surface area contributed by atoms with Gasteiger partial charge in [-0.3, -0.25) is 14.3 Å². The van der Waals surface area contributed by atoms with Crippen molar-refractivity contribution in [1.29, 1.82) is 0 Å². The van der Waals surface area contributed by atoms with E-state index in [2.05, 4.69) is 17.4 Å². The van der Waals surface area contributed by atoms with E-state index in [1.807, 2.05) is 59.4 Å². The van der Waals surface area contributed by atoms with E-state index >= 15 is 0 Å². The normalized spacial score (nSPS) is 10.6. The van der Waals surface area contributed by atoms with E-state index in [-0.39, 0.29) is 18.3 Å². The molecule has 0 bridgehead atoms. The van der Waals surface area contributed by atoms with Gasteiger partial charge in [0.15, 0.2) is 12.4 Å². The lowest BCUT2D eigenvalue weighted by Gasteiger charge is -2.08. The molecule has 1 amide bonds. The van der Waals surface area contributed by atoms with E-state index in [0.29, 0.717) is 24.4 Å². The fourth-order valence-corrected chi connectivity index (χ4v) is 3.48. The van der Waals surface area contributed by atoms with Crippen molar-refractivity contribution in [3.63, 3.8) is 0 Å². The van der Waals surface area contributed by atoms with Crippen LogP contribution in [0, 0.1) is 0 Å². The molecule has 166 valence electrons. The summed E-state index contributed by atoms with van der Waals surface area (Å²) in [5.74, 6) is 0.183. The van der Waals surface area contributed by atoms with Crippen LogP contribution in [0.5, 0.6) is 5.75 Å². The third-order valence-electron chi connectivity index (χ3n) is 5.16. The van der Waals surface area contributed by atoms with Gasteiger partial charge in [-0.25, -0.2) is 0 Å². The lowest BCUT2D eigenvalue weighted by Crippen LogP contribution is -2.28. The van der Waals surface area contributed by atoms with Crippen molar-refractivity contribution in [2.75, 3.05) is 6.61 Å². The Kier molecular flexibility index (Phi) is 6.95. The SMILES string of the molecule is CC(=O)c1cccc(OCC(=O)NCc2cn(Cc3ccccc3)nc2-c2ccccc2)c1. The molecule has 6 heteroatoms. The Balaban J connectivity index is 1.43. The Hall–Kier alpha value is -4.19. The molecule has 0 aliphatic carbocycles. The summed E-state index contributed by atoms with van der Waals surface area (Å²) in [5.41, 5.74) is 4.44. The second kappa shape index (κ2) is 10.4. The standard InChI is InChI=1S/C27H25N3O3/c1-20(31)23-13-8-14-25(15-23)33-19-26(32)28-16-24-18-30(17-21-9-4-2-5-10-21)29-27(24)22-11-6-3-7-12-22/h2-15,18H,16-17,19H2,1H3,(H,28,32). The third kappa shape index (κ3) is 5.95. The van der Waals surface area contributed by atoms with Gasteiger partial charge in [0.2, 0.25) is 0 Å². The van der Waals surface area contributed by atoms with Crippen molar-refractivity contribution < 1.29 is 14.3 Å². The first kappa shape index (κ1) is 22.0. The molecule has 1 N–H and O–H groups in total. The van der Waals surface area contributed by atoms with Crippen LogP contribution in [0.25, 0.3) is 11.3 Å². The highest BCUT2D eigenvalue weighted by molar-refractivity contribution is 5.94. The van der Waals surface area contributed by atoms with Crippen LogP contribution >= 0.6 is 0 Å². The van der Waals surface area contributed by atoms with Crippen LogP contribution in [0.4, 0.5) is 0 Å². The third-order valence-corrected chi connectivity index (χ3v) is 5.16. The van der Waals surface area contributed by atoms with Crippen molar-refractivity contribution in [3.8, 4) is 17.0 Å². The number of benzene rings is 3. The van der Waals surface area contributed by atoms with Crippen LogP contribution in [-0.4, -0.2) is 28.1 Å². The minimum atomic E-state index is -0.252. The number of ether oxygens (including phenoxy) is 1. The van der Waals surface area contributed by atoms with Gasteiger partial charge in [0, 0.05) is 29.4 Å². The fraction of sp³-hybridized carbons (Fsp3) is 0.148. The number of hydrogen-bond donors (Lipinski definition) is 1. The first-order valence-electron chi connectivity index (χ1n) is 10.7. The highest BCUT2D eigenvalue weighted by atomic mass is 16.5. The molecule has 1 aromatic heterocycles. The van der Waals surface area contributed by atoms with Gasteiger partial charge in [0.1, 0.15) is 5.75 Å². The molecule has 3 aromatic carbocycles. The van der Waals surface area contributed by atoms with Gasteiger partial charge in [0.05, 0.1) is 12.2 Å². The zero-order valence-electron chi connectivity index (χ0n) is 18.4. The number of carbonyl (C=O) groups excluding carboxylic acids is 2. The Morgan fingerprint density at radius 2 is 1.67 bits per heavy atom. The van der Waals surface area contributed by atoms with Gasteiger partial charge in [-0.05, 0) is 24.6 Å². The number of Topliss-reactive ketones (excluding diaryl/α,β-unsaturated/α-hetero) is 1. The van der Waals surface area contributed by atoms with Crippen LogP contribution in [0.15, 0.2) is 91.1 Å². The van der Waals surface area contributed by atoms with Crippen LogP contribution in [-0.2, 0) is 17.9 Å². The summed E-state index contributed by atoms with van der Waals surface area (Å²) in [6, 6.07) is 26.8. The molecule has 0 radical (unpaired) electrons. The molecular weight excluding hydrogens is 414 g/mol. The maximum atomic E-state index is 12.4. The summed E-state index contributed by atoms with van der Waals surface area (Å²) in [4.78, 5) is 23.9. The highest BCUT2D eigenvalue weighted by Crippen LogP contribution is 2.22. The maximum Gasteiger partial charge on any atom is 0.258 e. The number of hydrogen-bond acceptors (Lipinski definition) is 4. The Bertz CT molecular complexity index is 1230. The first-order chi connectivity index (χ1) is 16.1. The average molecular weight is 440 g/mol. The molecule has 0 aliphatic rings. The molecule has 0 fully saturated rings. The molecule has 0 aliphatic heterocycles. The van der Waals surface area contributed by atoms with Crippen molar-refractivity contribution >= 4 is 11.7 Å².